The first-order chi connectivity index (χ1) is 18.3. The number of ether oxygens (including phenoxy) is 2. The van der Waals surface area contributed by atoms with E-state index in [9.17, 15) is 53.1 Å². The van der Waals surface area contributed by atoms with Gasteiger partial charge in [-0.25, -0.2) is 26.4 Å². The number of hydrogen-bond donors (Lipinski definition) is 0. The van der Waals surface area contributed by atoms with Crippen molar-refractivity contribution < 1.29 is 62.6 Å². The van der Waals surface area contributed by atoms with Crippen LogP contribution < -0.4 is 0 Å². The Labute approximate surface area is 227 Å². The van der Waals surface area contributed by atoms with Crippen molar-refractivity contribution in [1.82, 2.24) is 0 Å². The van der Waals surface area contributed by atoms with E-state index in [2.05, 4.69) is 9.47 Å². The van der Waals surface area contributed by atoms with Crippen molar-refractivity contribution in [2.75, 3.05) is 0 Å². The number of hydrogen-bond acceptors (Lipinski definition) is 10. The standard InChI is InChI=1S/C24H26F4O10S2/c1-3-18(20-10-6-17(7-11-20)14-38-22(30)24(27,28)40(34,35)36)12-15(2)19-8-4-16(5-9-19)13-37-21(29)23(25,26)39(31,32)33/h4-11,15,18H,3,12-14H2,1-2H3,(H,31,32,33)(H,34,35,36)/p-2. The van der Waals surface area contributed by atoms with Crippen LogP contribution in [0.1, 0.15) is 60.8 Å². The van der Waals surface area contributed by atoms with Crippen molar-refractivity contribution in [3.63, 3.8) is 0 Å². The molecule has 0 N–H and O–H groups in total. The number of alkyl halides is 4. The van der Waals surface area contributed by atoms with E-state index in [1.807, 2.05) is 13.8 Å². The van der Waals surface area contributed by atoms with Crippen LogP contribution >= 0.6 is 0 Å². The largest absolute Gasteiger partial charge is 0.743 e. The Balaban J connectivity index is 1.98. The van der Waals surface area contributed by atoms with E-state index < -0.39 is 55.9 Å². The zero-order valence-corrected chi connectivity index (χ0v) is 22.6. The van der Waals surface area contributed by atoms with Crippen LogP contribution in [0.25, 0.3) is 0 Å². The van der Waals surface area contributed by atoms with Crippen molar-refractivity contribution in [3.8, 4) is 0 Å². The van der Waals surface area contributed by atoms with Crippen LogP contribution in [-0.4, -0.2) is 48.4 Å². The van der Waals surface area contributed by atoms with Crippen molar-refractivity contribution in [2.24, 2.45) is 0 Å². The van der Waals surface area contributed by atoms with Gasteiger partial charge in [0.2, 0.25) is 0 Å². The summed E-state index contributed by atoms with van der Waals surface area (Å²) in [4.78, 5) is 22.6. The molecular formula is C24H24F4O10S2-2. The highest BCUT2D eigenvalue weighted by Gasteiger charge is 2.49. The molecule has 0 aliphatic heterocycles. The quantitative estimate of drug-likeness (QED) is 0.185. The first kappa shape index (κ1) is 33.1. The molecule has 2 rings (SSSR count). The van der Waals surface area contributed by atoms with Crippen LogP contribution in [-0.2, 0) is 52.5 Å². The highest BCUT2D eigenvalue weighted by molar-refractivity contribution is 7.87. The second-order valence-electron chi connectivity index (χ2n) is 8.82. The molecule has 0 saturated heterocycles. The monoisotopic (exact) mass is 612 g/mol. The molecule has 2 aromatic rings. The third-order valence-electron chi connectivity index (χ3n) is 5.97. The lowest BCUT2D eigenvalue weighted by Crippen LogP contribution is -2.38. The van der Waals surface area contributed by atoms with E-state index in [4.69, 9.17) is 0 Å². The SMILES string of the molecule is CCC(CC(C)c1ccc(COC(=O)C(F)(F)S(=O)(=O)[O-])cc1)c1ccc(COC(=O)C(F)(F)S(=O)(=O)[O-])cc1. The molecule has 0 radical (unpaired) electrons. The fraction of sp³-hybridized carbons (Fsp3) is 0.417. The van der Waals surface area contributed by atoms with E-state index in [0.29, 0.717) is 12.8 Å². The molecule has 0 saturated carbocycles. The zero-order chi connectivity index (χ0) is 30.5. The van der Waals surface area contributed by atoms with Crippen molar-refractivity contribution in [3.05, 3.63) is 70.8 Å². The van der Waals surface area contributed by atoms with Crippen LogP contribution in [0, 0.1) is 0 Å². The summed E-state index contributed by atoms with van der Waals surface area (Å²) in [5.41, 5.74) is 2.27. The van der Waals surface area contributed by atoms with E-state index in [1.165, 1.54) is 24.3 Å². The Hall–Kier alpha value is -3.08. The Morgan fingerprint density at radius 1 is 0.750 bits per heavy atom. The van der Waals surface area contributed by atoms with Gasteiger partial charge in [0.05, 0.1) is 0 Å². The molecule has 40 heavy (non-hydrogen) atoms. The minimum atomic E-state index is -6.22. The maximum atomic E-state index is 13.2. The molecule has 0 fully saturated rings. The summed E-state index contributed by atoms with van der Waals surface area (Å²) in [6.07, 6.45) is 1.34. The summed E-state index contributed by atoms with van der Waals surface area (Å²) in [5.74, 6) is -4.93. The number of esters is 2. The second kappa shape index (κ2) is 12.6. The normalized spacial score (nSPS) is 14.3. The minimum absolute atomic E-state index is 0.0200. The molecule has 2 atom stereocenters. The molecule has 10 nitrogen and oxygen atoms in total. The van der Waals surface area contributed by atoms with Gasteiger partial charge in [-0.1, -0.05) is 62.4 Å². The van der Waals surface area contributed by atoms with E-state index in [1.54, 1.807) is 24.3 Å². The predicted molar refractivity (Wildman–Crippen MR) is 128 cm³/mol. The average molecular weight is 613 g/mol. The molecule has 2 unspecified atom stereocenters. The molecule has 0 aliphatic carbocycles. The number of rotatable bonds is 13. The molecule has 0 heterocycles. The van der Waals surface area contributed by atoms with Gasteiger partial charge in [0, 0.05) is 0 Å². The third-order valence-corrected chi connectivity index (χ3v) is 7.56. The van der Waals surface area contributed by atoms with Gasteiger partial charge in [0.1, 0.15) is 13.2 Å². The molecule has 2 aromatic carbocycles. The summed E-state index contributed by atoms with van der Waals surface area (Å²) < 4.78 is 124. The zero-order valence-electron chi connectivity index (χ0n) is 21.0. The lowest BCUT2D eigenvalue weighted by Gasteiger charge is -2.21. The number of halogens is 4. The van der Waals surface area contributed by atoms with Gasteiger partial charge in [-0.2, -0.15) is 17.6 Å². The Morgan fingerprint density at radius 2 is 1.10 bits per heavy atom. The maximum Gasteiger partial charge on any atom is 0.428 e. The van der Waals surface area contributed by atoms with Gasteiger partial charge in [0.25, 0.3) is 0 Å². The number of carbonyl (C=O) groups is 2. The van der Waals surface area contributed by atoms with Gasteiger partial charge >= 0.3 is 22.4 Å². The summed E-state index contributed by atoms with van der Waals surface area (Å²) in [6.45, 7) is 2.51. The van der Waals surface area contributed by atoms with Gasteiger partial charge in [-0.05, 0) is 46.9 Å². The van der Waals surface area contributed by atoms with Crippen LogP contribution in [0.5, 0.6) is 0 Å². The summed E-state index contributed by atoms with van der Waals surface area (Å²) in [7, 11) is -12.4. The lowest BCUT2D eigenvalue weighted by molar-refractivity contribution is -0.163. The van der Waals surface area contributed by atoms with Crippen molar-refractivity contribution >= 4 is 32.2 Å². The number of benzene rings is 2. The molecule has 222 valence electrons. The van der Waals surface area contributed by atoms with Crippen LogP contribution in [0.15, 0.2) is 48.5 Å². The van der Waals surface area contributed by atoms with Gasteiger partial charge in [-0.15, -0.1) is 0 Å². The average Bonchev–Trinajstić information content (AvgIpc) is 2.88. The van der Waals surface area contributed by atoms with Crippen LogP contribution in [0.3, 0.4) is 0 Å². The van der Waals surface area contributed by atoms with Crippen LogP contribution in [0.2, 0.25) is 0 Å². The fourth-order valence-corrected chi connectivity index (χ4v) is 4.13. The first-order valence-electron chi connectivity index (χ1n) is 11.5. The summed E-state index contributed by atoms with van der Waals surface area (Å²) in [5, 5.41) is -10.4. The van der Waals surface area contributed by atoms with Gasteiger partial charge < -0.3 is 18.6 Å². The second-order valence-corrected chi connectivity index (χ2v) is 11.7. The topological polar surface area (TPSA) is 167 Å². The van der Waals surface area contributed by atoms with Gasteiger partial charge in [-0.3, -0.25) is 0 Å². The fourth-order valence-electron chi connectivity index (χ4n) is 3.60. The Bertz CT molecular complexity index is 1410. The Kier molecular flexibility index (Phi) is 10.4. The maximum absolute atomic E-state index is 13.2. The molecule has 0 amide bonds. The Morgan fingerprint density at radius 3 is 1.43 bits per heavy atom. The molecule has 0 spiro atoms. The summed E-state index contributed by atoms with van der Waals surface area (Å²) >= 11 is 0. The predicted octanol–water partition coefficient (Wildman–Crippen LogP) is 3.74. The van der Waals surface area contributed by atoms with E-state index in [-0.39, 0.29) is 23.0 Å². The highest BCUT2D eigenvalue weighted by Crippen LogP contribution is 2.33. The minimum Gasteiger partial charge on any atom is -0.743 e. The van der Waals surface area contributed by atoms with Gasteiger partial charge in [0.15, 0.2) is 20.2 Å². The molecule has 0 aromatic heterocycles. The highest BCUT2D eigenvalue weighted by atomic mass is 32.2. The summed E-state index contributed by atoms with van der Waals surface area (Å²) in [6, 6.07) is 12.7. The molecular weight excluding hydrogens is 588 g/mol. The van der Waals surface area contributed by atoms with Crippen LogP contribution in [0.4, 0.5) is 17.6 Å². The smallest absolute Gasteiger partial charge is 0.428 e. The molecule has 0 bridgehead atoms. The number of carbonyl (C=O) groups excluding carboxylic acids is 2. The molecule has 0 aliphatic rings. The van der Waals surface area contributed by atoms with Crippen molar-refractivity contribution in [1.29, 1.82) is 0 Å². The van der Waals surface area contributed by atoms with E-state index in [0.717, 1.165) is 11.1 Å². The first-order valence-corrected chi connectivity index (χ1v) is 14.3. The lowest BCUT2D eigenvalue weighted by atomic mass is 9.84. The van der Waals surface area contributed by atoms with E-state index >= 15 is 0 Å². The molecule has 16 heteroatoms. The third kappa shape index (κ3) is 7.99. The van der Waals surface area contributed by atoms with Crippen molar-refractivity contribution in [2.45, 2.75) is 62.2 Å².